The zero-order valence-corrected chi connectivity index (χ0v) is 20.9. The highest BCUT2D eigenvalue weighted by Gasteiger charge is 2.65. The normalized spacial score (nSPS) is 20.9. The molecule has 0 saturated carbocycles. The number of hydrogen-bond acceptors (Lipinski definition) is 6. The van der Waals surface area contributed by atoms with Gasteiger partial charge in [0.15, 0.2) is 6.10 Å². The van der Waals surface area contributed by atoms with E-state index in [1.165, 1.54) is 31.4 Å². The second kappa shape index (κ2) is 8.98. The Balaban J connectivity index is 1.90. The number of para-hydroxylation sites is 1. The Kier molecular flexibility index (Phi) is 6.48. The topological polar surface area (TPSA) is 66.9 Å². The van der Waals surface area contributed by atoms with Gasteiger partial charge in [0.2, 0.25) is 5.88 Å². The molecule has 186 valence electrons. The molecule has 0 N–H and O–H groups in total. The summed E-state index contributed by atoms with van der Waals surface area (Å²) in [6, 6.07) is 13.7. The van der Waals surface area contributed by atoms with Crippen molar-refractivity contribution in [1.29, 1.82) is 0 Å². The minimum Gasteiger partial charge on any atom is -0.495 e. The van der Waals surface area contributed by atoms with Gasteiger partial charge < -0.3 is 18.9 Å². The first kappa shape index (κ1) is 25.2. The Morgan fingerprint density at radius 3 is 2.29 bits per heavy atom. The van der Waals surface area contributed by atoms with Gasteiger partial charge in [-0.25, -0.2) is 9.78 Å². The van der Waals surface area contributed by atoms with E-state index >= 15 is 0 Å². The molecule has 10 heteroatoms. The van der Waals surface area contributed by atoms with Gasteiger partial charge in [-0.1, -0.05) is 58.4 Å². The molecule has 0 saturated heterocycles. The van der Waals surface area contributed by atoms with Crippen LogP contribution in [0.2, 0.25) is 0 Å². The van der Waals surface area contributed by atoms with Crippen LogP contribution in [0.4, 0.5) is 13.2 Å². The molecule has 1 aliphatic heterocycles. The lowest BCUT2D eigenvalue weighted by Gasteiger charge is -2.42. The quantitative estimate of drug-likeness (QED) is 0.291. The number of fused-ring (bicyclic) bond motifs is 2. The molecular weight excluding hydrogens is 531 g/mol. The maximum Gasteiger partial charge on any atom is 0.432 e. The minimum atomic E-state index is -5.11. The van der Waals surface area contributed by atoms with Crippen molar-refractivity contribution in [1.82, 2.24) is 4.98 Å². The van der Waals surface area contributed by atoms with Crippen LogP contribution in [0.25, 0.3) is 10.9 Å². The van der Waals surface area contributed by atoms with Crippen molar-refractivity contribution in [2.45, 2.75) is 42.2 Å². The second-order valence-electron chi connectivity index (χ2n) is 8.56. The van der Waals surface area contributed by atoms with Gasteiger partial charge in [-0.15, -0.1) is 0 Å². The van der Waals surface area contributed by atoms with E-state index < -0.39 is 39.8 Å². The summed E-state index contributed by atoms with van der Waals surface area (Å²) in [6.07, 6.45) is -6.36. The molecule has 2 aromatic carbocycles. The summed E-state index contributed by atoms with van der Waals surface area (Å²) in [5.41, 5.74) is -3.97. The number of carbonyl (C=O) groups excluding carboxylic acids is 1. The fourth-order valence-electron chi connectivity index (χ4n) is 4.24. The van der Waals surface area contributed by atoms with Crippen LogP contribution in [0.1, 0.15) is 31.1 Å². The summed E-state index contributed by atoms with van der Waals surface area (Å²) >= 11 is 3.49. The second-order valence-corrected chi connectivity index (χ2v) is 9.55. The number of carbonyl (C=O) groups is 1. The number of ether oxygens (including phenoxy) is 4. The van der Waals surface area contributed by atoms with E-state index in [0.29, 0.717) is 10.9 Å². The van der Waals surface area contributed by atoms with E-state index in [1.807, 2.05) is 0 Å². The molecule has 0 fully saturated rings. The first-order chi connectivity index (χ1) is 16.5. The molecule has 0 bridgehead atoms. The summed E-state index contributed by atoms with van der Waals surface area (Å²) in [4.78, 5) is 17.2. The van der Waals surface area contributed by atoms with Crippen LogP contribution in [0.5, 0.6) is 11.6 Å². The Labute approximate surface area is 208 Å². The standard InChI is InChI=1S/C25H23BrF3NO5/c1-23(2)20(26)19(17-18(32-3)15-12-8-9-13-16(15)30-21(17)35-23)34-22(31)24(33-4,25(27,28)29)14-10-6-5-7-11-14/h5-13,19-20H,1-4H3/t19-,20+,24-/m1/s1. The molecular formula is C25H23BrF3NO5. The van der Waals surface area contributed by atoms with Crippen LogP contribution in [0.15, 0.2) is 54.6 Å². The van der Waals surface area contributed by atoms with E-state index in [9.17, 15) is 18.0 Å². The van der Waals surface area contributed by atoms with Crippen molar-refractivity contribution in [3.63, 3.8) is 0 Å². The highest BCUT2D eigenvalue weighted by atomic mass is 79.9. The van der Waals surface area contributed by atoms with Crippen molar-refractivity contribution < 1.29 is 36.9 Å². The third-order valence-electron chi connectivity index (χ3n) is 6.03. The number of rotatable bonds is 5. The zero-order valence-electron chi connectivity index (χ0n) is 19.4. The number of hydrogen-bond donors (Lipinski definition) is 0. The predicted octanol–water partition coefficient (Wildman–Crippen LogP) is 5.87. The van der Waals surface area contributed by atoms with E-state index in [-0.39, 0.29) is 17.2 Å². The number of nitrogens with zero attached hydrogens (tertiary/aromatic N) is 1. The maximum atomic E-state index is 14.5. The molecule has 0 aliphatic carbocycles. The first-order valence-corrected chi connectivity index (χ1v) is 11.6. The highest BCUT2D eigenvalue weighted by Crippen LogP contribution is 2.52. The van der Waals surface area contributed by atoms with Crippen LogP contribution in [0.3, 0.4) is 0 Å². The SMILES string of the molecule is COc1c2c(nc3ccccc13)OC(C)(C)[C@@H](Br)[C@@H]2OC(=O)[C@](OC)(c1ccccc1)C(F)(F)F. The van der Waals surface area contributed by atoms with Crippen molar-refractivity contribution in [2.75, 3.05) is 14.2 Å². The number of alkyl halides is 4. The summed E-state index contributed by atoms with van der Waals surface area (Å²) in [5.74, 6) is -1.22. The highest BCUT2D eigenvalue weighted by molar-refractivity contribution is 9.09. The lowest BCUT2D eigenvalue weighted by Crippen LogP contribution is -2.54. The Morgan fingerprint density at radius 2 is 1.69 bits per heavy atom. The molecule has 35 heavy (non-hydrogen) atoms. The fourth-order valence-corrected chi connectivity index (χ4v) is 4.71. The predicted molar refractivity (Wildman–Crippen MR) is 126 cm³/mol. The van der Waals surface area contributed by atoms with E-state index in [0.717, 1.165) is 7.11 Å². The van der Waals surface area contributed by atoms with Crippen molar-refractivity contribution in [2.24, 2.45) is 0 Å². The molecule has 1 aliphatic rings. The van der Waals surface area contributed by atoms with Gasteiger partial charge in [0, 0.05) is 18.1 Å². The summed E-state index contributed by atoms with van der Waals surface area (Å²) in [7, 11) is 2.24. The Bertz CT molecular complexity index is 1250. The molecule has 0 spiro atoms. The first-order valence-electron chi connectivity index (χ1n) is 10.7. The molecule has 2 heterocycles. The van der Waals surface area contributed by atoms with E-state index in [1.54, 1.807) is 44.2 Å². The zero-order chi connectivity index (χ0) is 25.6. The average Bonchev–Trinajstić information content (AvgIpc) is 2.81. The molecule has 0 amide bonds. The van der Waals surface area contributed by atoms with Gasteiger partial charge in [0.25, 0.3) is 5.60 Å². The van der Waals surface area contributed by atoms with Crippen molar-refractivity contribution in [3.8, 4) is 11.6 Å². The smallest absolute Gasteiger partial charge is 0.432 e. The number of methoxy groups -OCH3 is 2. The molecule has 0 radical (unpaired) electrons. The van der Waals surface area contributed by atoms with Crippen molar-refractivity contribution >= 4 is 32.8 Å². The van der Waals surface area contributed by atoms with Crippen LogP contribution in [-0.2, 0) is 19.9 Å². The number of pyridine rings is 1. The van der Waals surface area contributed by atoms with Crippen LogP contribution >= 0.6 is 15.9 Å². The fraction of sp³-hybridized carbons (Fsp3) is 0.360. The molecule has 3 atom stereocenters. The van der Waals surface area contributed by atoms with Gasteiger partial charge >= 0.3 is 12.1 Å². The Morgan fingerprint density at radius 1 is 1.06 bits per heavy atom. The van der Waals surface area contributed by atoms with Crippen LogP contribution in [-0.4, -0.2) is 41.8 Å². The van der Waals surface area contributed by atoms with Crippen LogP contribution in [0, 0.1) is 0 Å². The minimum absolute atomic E-state index is 0.105. The lowest BCUT2D eigenvalue weighted by molar-refractivity contribution is -0.279. The summed E-state index contributed by atoms with van der Waals surface area (Å²) in [6.45, 7) is 3.42. The monoisotopic (exact) mass is 553 g/mol. The Hall–Kier alpha value is -2.85. The number of esters is 1. The van der Waals surface area contributed by atoms with Crippen LogP contribution < -0.4 is 9.47 Å². The van der Waals surface area contributed by atoms with Gasteiger partial charge in [0.05, 0.1) is 23.0 Å². The number of aromatic nitrogens is 1. The lowest BCUT2D eigenvalue weighted by atomic mass is 9.90. The van der Waals surface area contributed by atoms with E-state index in [2.05, 4.69) is 20.9 Å². The average molecular weight is 554 g/mol. The van der Waals surface area contributed by atoms with Crippen molar-refractivity contribution in [3.05, 3.63) is 65.7 Å². The maximum absolute atomic E-state index is 14.5. The summed E-state index contributed by atoms with van der Waals surface area (Å²) in [5, 5.41) is 0.592. The molecule has 3 aromatic rings. The summed E-state index contributed by atoms with van der Waals surface area (Å²) < 4.78 is 65.7. The molecule has 0 unspecified atom stereocenters. The largest absolute Gasteiger partial charge is 0.495 e. The molecule has 1 aromatic heterocycles. The van der Waals surface area contributed by atoms with E-state index in [4.69, 9.17) is 18.9 Å². The molecule has 6 nitrogen and oxygen atoms in total. The van der Waals surface area contributed by atoms with Gasteiger partial charge in [-0.2, -0.15) is 13.2 Å². The van der Waals surface area contributed by atoms with Gasteiger partial charge in [-0.3, -0.25) is 0 Å². The third-order valence-corrected chi connectivity index (χ3v) is 7.61. The molecule has 4 rings (SSSR count). The third kappa shape index (κ3) is 4.02. The van der Waals surface area contributed by atoms with Gasteiger partial charge in [0.1, 0.15) is 11.4 Å². The number of halogens is 4. The number of benzene rings is 2. The van der Waals surface area contributed by atoms with Gasteiger partial charge in [-0.05, 0) is 26.0 Å².